The van der Waals surface area contributed by atoms with Crippen molar-refractivity contribution in [3.63, 3.8) is 0 Å². The highest BCUT2D eigenvalue weighted by molar-refractivity contribution is 7.80. The molecule has 0 fully saturated rings. The van der Waals surface area contributed by atoms with Crippen molar-refractivity contribution in [3.05, 3.63) is 144 Å². The molecule has 0 aliphatic carbocycles. The third-order valence-electron chi connectivity index (χ3n) is 18.1. The zero-order valence-corrected chi connectivity index (χ0v) is 65.6. The van der Waals surface area contributed by atoms with Crippen LogP contribution in [-0.2, 0) is 97.6 Å². The topological polar surface area (TPSA) is 613 Å². The lowest BCUT2D eigenvalue weighted by Gasteiger charge is -2.29. The van der Waals surface area contributed by atoms with Crippen molar-refractivity contribution in [2.45, 2.75) is 182 Å². The number of aromatic nitrogens is 1. The fourth-order valence-corrected chi connectivity index (χ4v) is 12.2. The summed E-state index contributed by atoms with van der Waals surface area (Å²) in [6.07, 6.45) is -2.99. The van der Waals surface area contributed by atoms with Gasteiger partial charge in [-0.25, -0.2) is 4.79 Å². The molecular formula is C76H106N18O19S2. The lowest BCUT2D eigenvalue weighted by Crippen LogP contribution is -2.63. The minimum absolute atomic E-state index is 0.0772. The van der Waals surface area contributed by atoms with Gasteiger partial charge in [0.05, 0.1) is 37.8 Å². The predicted octanol–water partition coefficient (Wildman–Crippen LogP) is -5.45. The molecule has 0 aliphatic heterocycles. The number of nitrogens with two attached hydrogens (primary N) is 4. The van der Waals surface area contributed by atoms with E-state index < -0.39 is 199 Å². The van der Waals surface area contributed by atoms with Crippen LogP contribution in [0.5, 0.6) is 0 Å². The Morgan fingerprint density at radius 3 is 1.17 bits per heavy atom. The van der Waals surface area contributed by atoms with E-state index in [1.807, 2.05) is 0 Å². The summed E-state index contributed by atoms with van der Waals surface area (Å²) in [5, 5.41) is 74.3. The van der Waals surface area contributed by atoms with Crippen LogP contribution in [0.2, 0.25) is 0 Å². The van der Waals surface area contributed by atoms with E-state index in [0.717, 1.165) is 13.8 Å². The fraction of sp³-hybridized carbons (Fsp3) is 0.461. The van der Waals surface area contributed by atoms with Gasteiger partial charge < -0.3 is 117 Å². The Hall–Kier alpha value is -11.1. The van der Waals surface area contributed by atoms with Crippen LogP contribution in [0.3, 0.4) is 0 Å². The van der Waals surface area contributed by atoms with E-state index in [9.17, 15) is 78.0 Å². The minimum Gasteiger partial charge on any atom is -0.480 e. The van der Waals surface area contributed by atoms with Crippen molar-refractivity contribution >= 4 is 125 Å². The number of aliphatic hydroxyl groups is 3. The summed E-state index contributed by atoms with van der Waals surface area (Å²) >= 11 is 8.09. The summed E-state index contributed by atoms with van der Waals surface area (Å²) in [6, 6.07) is 10.9. The number of hydrogen-bond acceptors (Lipinski definition) is 23. The first kappa shape index (κ1) is 94.5. The Kier molecular flexibility index (Phi) is 40.2. The molecule has 4 aromatic carbocycles. The molecule has 0 aliphatic rings. The van der Waals surface area contributed by atoms with E-state index in [1.165, 1.54) is 6.92 Å². The number of aliphatic carboxylic acids is 1. The second-order valence-electron chi connectivity index (χ2n) is 27.4. The van der Waals surface area contributed by atoms with Gasteiger partial charge in [-0.1, -0.05) is 109 Å². The van der Waals surface area contributed by atoms with Crippen molar-refractivity contribution in [1.82, 2.24) is 74.1 Å². The number of para-hydroxylation sites is 1. The number of primary amides is 1. The van der Waals surface area contributed by atoms with Gasteiger partial charge in [-0.15, -0.1) is 0 Å². The largest absolute Gasteiger partial charge is 0.480 e. The van der Waals surface area contributed by atoms with Crippen LogP contribution >= 0.6 is 25.3 Å². The number of rotatable bonds is 50. The van der Waals surface area contributed by atoms with Crippen LogP contribution < -0.4 is 92.1 Å². The lowest BCUT2D eigenvalue weighted by molar-refractivity contribution is -0.142. The molecule has 26 N–H and O–H groups in total. The van der Waals surface area contributed by atoms with E-state index in [0.29, 0.717) is 46.0 Å². The second-order valence-corrected chi connectivity index (χ2v) is 28.1. The maximum Gasteiger partial charge on any atom is 0.327 e. The molecule has 0 radical (unpaired) electrons. The molecule has 1 heterocycles. The van der Waals surface area contributed by atoms with Crippen LogP contribution in [0, 0.1) is 0 Å². The van der Waals surface area contributed by atoms with Gasteiger partial charge >= 0.3 is 5.97 Å². The number of hydrogen-bond donors (Lipinski definition) is 24. The number of fused-ring (bicyclic) bond motifs is 1. The monoisotopic (exact) mass is 1640 g/mol. The molecule has 39 heteroatoms. The fourth-order valence-electron chi connectivity index (χ4n) is 11.7. The third-order valence-corrected chi connectivity index (χ3v) is 18.8. The van der Waals surface area contributed by atoms with Gasteiger partial charge in [-0.2, -0.15) is 25.3 Å². The molecular weight excluding hydrogens is 1530 g/mol. The zero-order chi connectivity index (χ0) is 84.8. The van der Waals surface area contributed by atoms with E-state index in [4.69, 9.17) is 22.9 Å². The van der Waals surface area contributed by atoms with Crippen molar-refractivity contribution < 1.29 is 92.3 Å². The summed E-state index contributed by atoms with van der Waals surface area (Å²) in [6.45, 7) is 2.34. The SMILES string of the molecule is CC(N)C(=O)NCC(=O)NC(CS)C(=O)NC(CCCCN)C(=O)NC(CC(N)=O)C(=O)NC(Cc1ccccc1)C(=O)NC(Cc1ccccc1)C(=O)NC(Cc1c[nH]c2ccccc12)C(=O)NC(CCCCN)C(=O)NC(C(=O)NC(Cc1ccccc1)C(=O)NC(C(=O)NC(CO)C(=O)NC(CS)C(=O)O)C(C)O)C(C)O. The first-order valence-corrected chi connectivity index (χ1v) is 38.5. The Morgan fingerprint density at radius 1 is 0.409 bits per heavy atom. The molecule has 14 amide bonds. The highest BCUT2D eigenvalue weighted by atomic mass is 32.1. The zero-order valence-electron chi connectivity index (χ0n) is 63.8. The van der Waals surface area contributed by atoms with Gasteiger partial charge in [0.15, 0.2) is 0 Å². The van der Waals surface area contributed by atoms with Gasteiger partial charge in [0.1, 0.15) is 72.5 Å². The molecule has 0 bridgehead atoms. The number of H-pyrrole nitrogens is 1. The molecule has 37 nitrogen and oxygen atoms in total. The summed E-state index contributed by atoms with van der Waals surface area (Å²) in [5.41, 5.74) is 25.4. The van der Waals surface area contributed by atoms with Crippen LogP contribution in [0.4, 0.5) is 0 Å². The number of benzene rings is 4. The van der Waals surface area contributed by atoms with Crippen LogP contribution in [-0.4, -0.2) is 243 Å². The Bertz CT molecular complexity index is 4090. The number of carbonyl (C=O) groups is 15. The summed E-state index contributed by atoms with van der Waals surface area (Å²) in [4.78, 5) is 211. The number of carboxylic acid groups (broad SMARTS) is 1. The summed E-state index contributed by atoms with van der Waals surface area (Å²) in [7, 11) is 0. The second kappa shape index (κ2) is 48.9. The molecule has 5 rings (SSSR count). The molecule has 115 heavy (non-hydrogen) atoms. The number of unbranched alkanes of at least 4 members (excludes halogenated alkanes) is 2. The van der Waals surface area contributed by atoms with E-state index in [-0.39, 0.29) is 76.0 Å². The average molecular weight is 1640 g/mol. The molecule has 1 aromatic heterocycles. The molecule has 626 valence electrons. The lowest BCUT2D eigenvalue weighted by atomic mass is 10.00. The smallest absolute Gasteiger partial charge is 0.327 e. The van der Waals surface area contributed by atoms with Crippen LogP contribution in [0.1, 0.15) is 88.0 Å². The Morgan fingerprint density at radius 2 is 0.757 bits per heavy atom. The predicted molar refractivity (Wildman–Crippen MR) is 428 cm³/mol. The van der Waals surface area contributed by atoms with Gasteiger partial charge in [0, 0.05) is 54.3 Å². The maximum atomic E-state index is 15.4. The highest BCUT2D eigenvalue weighted by Crippen LogP contribution is 2.21. The molecule has 15 atom stereocenters. The molecule has 0 saturated heterocycles. The van der Waals surface area contributed by atoms with E-state index >= 15 is 14.4 Å². The number of thiol groups is 2. The minimum atomic E-state index is -1.91. The standard InChI is InChI=1S/C76H106N18O19S2/c1-41(79)64(100)82-37-61(99)83-58(39-114)73(109)85-50(27-15-17-29-77)65(101)89-56(35-60(80)98)70(106)87-52(31-44-19-7-4-8-20-44)67(103)86-53(32-45-21-9-5-10-22-45)68(104)88-55(34-47-36-81-49-26-14-13-25-48(47)49)69(105)84-51(28-16-18-30-78)66(102)93-62(42(2)96)74(110)90-54(33-46-23-11-6-12-24-46)71(107)94-63(43(3)97)75(111)91-57(38-95)72(108)92-59(40-115)76(112)113/h4-14,19-26,36,41-43,50-59,62-63,81,95-97,114-115H,15-18,27-35,37-40,77-79H2,1-3H3,(H2,80,98)(H,82,100)(H,83,99)(H,84,105)(H,85,109)(H,86,103)(H,87,106)(H,88,104)(H,89,101)(H,90,110)(H,91,111)(H,92,108)(H,93,102)(H,94,107)(H,112,113). The van der Waals surface area contributed by atoms with Crippen LogP contribution in [0.15, 0.2) is 121 Å². The normalized spacial score (nSPS) is 15.1. The highest BCUT2D eigenvalue weighted by Gasteiger charge is 2.39. The molecule has 5 aromatic rings. The quantitative estimate of drug-likeness (QED) is 0.0128. The number of nitrogens with one attached hydrogen (secondary N) is 14. The Balaban J connectivity index is 1.47. The number of aliphatic hydroxyl groups excluding tert-OH is 3. The first-order valence-electron chi connectivity index (χ1n) is 37.2. The van der Waals surface area contributed by atoms with Crippen molar-refractivity contribution in [2.75, 3.05) is 37.7 Å². The van der Waals surface area contributed by atoms with Gasteiger partial charge in [0.2, 0.25) is 82.7 Å². The van der Waals surface area contributed by atoms with E-state index in [1.54, 1.807) is 121 Å². The van der Waals surface area contributed by atoms with Crippen molar-refractivity contribution in [2.24, 2.45) is 22.9 Å². The first-order chi connectivity index (χ1) is 54.8. The van der Waals surface area contributed by atoms with Crippen molar-refractivity contribution in [1.29, 1.82) is 0 Å². The third kappa shape index (κ3) is 31.7. The van der Waals surface area contributed by atoms with E-state index in [2.05, 4.69) is 99.4 Å². The molecule has 0 saturated carbocycles. The average Bonchev–Trinajstić information content (AvgIpc) is 1.73. The number of amides is 14. The summed E-state index contributed by atoms with van der Waals surface area (Å²) < 4.78 is 0. The molecule has 0 spiro atoms. The van der Waals surface area contributed by atoms with Gasteiger partial charge in [0.25, 0.3) is 0 Å². The molecule has 15 unspecified atom stereocenters. The van der Waals surface area contributed by atoms with Crippen molar-refractivity contribution in [3.8, 4) is 0 Å². The number of carbonyl (C=O) groups excluding carboxylic acids is 14. The van der Waals surface area contributed by atoms with Gasteiger partial charge in [-0.3, -0.25) is 67.1 Å². The van der Waals surface area contributed by atoms with Crippen LogP contribution in [0.25, 0.3) is 10.9 Å². The Labute approximate surface area is 674 Å². The maximum absolute atomic E-state index is 15.4. The van der Waals surface area contributed by atoms with Gasteiger partial charge in [-0.05, 0) is 101 Å². The number of aromatic amines is 1. The number of carboxylic acids is 1. The summed E-state index contributed by atoms with van der Waals surface area (Å²) in [5.74, 6) is -16.3.